The Bertz CT molecular complexity index is 683. The van der Waals surface area contributed by atoms with E-state index in [0.717, 1.165) is 19.1 Å². The van der Waals surface area contributed by atoms with Crippen molar-refractivity contribution >= 4 is 27.3 Å². The molecule has 0 radical (unpaired) electrons. The average molecular weight is 324 g/mol. The van der Waals surface area contributed by atoms with E-state index in [-0.39, 0.29) is 11.8 Å². The van der Waals surface area contributed by atoms with E-state index in [1.54, 1.807) is 18.2 Å². The van der Waals surface area contributed by atoms with Crippen molar-refractivity contribution in [1.82, 2.24) is 0 Å². The number of ether oxygens (including phenoxy) is 1. The van der Waals surface area contributed by atoms with Gasteiger partial charge in [0.05, 0.1) is 19.1 Å². The van der Waals surface area contributed by atoms with Crippen LogP contribution in [-0.4, -0.2) is 27.7 Å². The van der Waals surface area contributed by atoms with Crippen molar-refractivity contribution in [2.75, 3.05) is 23.4 Å². The van der Waals surface area contributed by atoms with Gasteiger partial charge in [0.25, 0.3) is 0 Å². The molecule has 6 nitrogen and oxygen atoms in total. The first-order valence-electron chi connectivity index (χ1n) is 7.00. The molecule has 0 saturated heterocycles. The fraction of sp³-hybridized carbons (Fsp3) is 0.400. The molecule has 22 heavy (non-hydrogen) atoms. The molecular formula is C15H20N2O4S. The van der Waals surface area contributed by atoms with E-state index in [4.69, 9.17) is 4.74 Å². The number of anilines is 2. The van der Waals surface area contributed by atoms with Crippen molar-refractivity contribution in [1.29, 1.82) is 0 Å². The predicted octanol–water partition coefficient (Wildman–Crippen LogP) is 2.36. The SMILES string of the molecule is COc1ccc(NC(=O)CC2C=CCC2)cc1NS(C)(=O)=O. The molecule has 120 valence electrons. The number of carbonyl (C=O) groups is 1. The zero-order valence-electron chi connectivity index (χ0n) is 12.6. The molecule has 1 aromatic rings. The van der Waals surface area contributed by atoms with Crippen LogP contribution < -0.4 is 14.8 Å². The highest BCUT2D eigenvalue weighted by Gasteiger charge is 2.15. The van der Waals surface area contributed by atoms with Crippen LogP contribution >= 0.6 is 0 Å². The molecule has 2 rings (SSSR count). The van der Waals surface area contributed by atoms with Crippen LogP contribution in [0.3, 0.4) is 0 Å². The van der Waals surface area contributed by atoms with Crippen LogP contribution in [-0.2, 0) is 14.8 Å². The molecule has 0 aliphatic heterocycles. The van der Waals surface area contributed by atoms with Crippen LogP contribution in [0.15, 0.2) is 30.4 Å². The minimum Gasteiger partial charge on any atom is -0.495 e. The van der Waals surface area contributed by atoms with Gasteiger partial charge in [-0.1, -0.05) is 12.2 Å². The third kappa shape index (κ3) is 4.77. The minimum atomic E-state index is -3.43. The summed E-state index contributed by atoms with van der Waals surface area (Å²) in [5.74, 6) is 0.584. The van der Waals surface area contributed by atoms with E-state index in [1.165, 1.54) is 7.11 Å². The van der Waals surface area contributed by atoms with Crippen LogP contribution in [0.25, 0.3) is 0 Å². The van der Waals surface area contributed by atoms with Gasteiger partial charge >= 0.3 is 0 Å². The van der Waals surface area contributed by atoms with Gasteiger partial charge in [-0.25, -0.2) is 8.42 Å². The molecule has 2 N–H and O–H groups in total. The van der Waals surface area contributed by atoms with Crippen molar-refractivity contribution in [3.63, 3.8) is 0 Å². The van der Waals surface area contributed by atoms with Crippen molar-refractivity contribution in [2.45, 2.75) is 19.3 Å². The number of rotatable bonds is 6. The Morgan fingerprint density at radius 3 is 2.77 bits per heavy atom. The second kappa shape index (κ2) is 6.83. The van der Waals surface area contributed by atoms with Gasteiger partial charge in [0.2, 0.25) is 15.9 Å². The van der Waals surface area contributed by atoms with Crippen LogP contribution in [0.5, 0.6) is 5.75 Å². The van der Waals surface area contributed by atoms with Crippen LogP contribution in [0.1, 0.15) is 19.3 Å². The fourth-order valence-electron chi connectivity index (χ4n) is 2.38. The zero-order chi connectivity index (χ0) is 16.2. The molecule has 0 fully saturated rings. The van der Waals surface area contributed by atoms with Crippen LogP contribution in [0, 0.1) is 5.92 Å². The Morgan fingerprint density at radius 1 is 1.41 bits per heavy atom. The molecule has 7 heteroatoms. The number of hydrogen-bond acceptors (Lipinski definition) is 4. The topological polar surface area (TPSA) is 84.5 Å². The molecule has 0 bridgehead atoms. The Hall–Kier alpha value is -2.02. The summed E-state index contributed by atoms with van der Waals surface area (Å²) in [7, 11) is -1.97. The maximum atomic E-state index is 12.0. The molecule has 0 saturated carbocycles. The van der Waals surface area contributed by atoms with E-state index in [2.05, 4.69) is 22.2 Å². The van der Waals surface area contributed by atoms with Gasteiger partial charge in [-0.2, -0.15) is 0 Å². The first kappa shape index (κ1) is 16.4. The standard InChI is InChI=1S/C15H20N2O4S/c1-21-14-8-7-12(10-13(14)17-22(2,19)20)16-15(18)9-11-5-3-4-6-11/h3,5,7-8,10-11,17H,4,6,9H2,1-2H3,(H,16,18). The molecule has 1 aliphatic rings. The lowest BCUT2D eigenvalue weighted by Crippen LogP contribution is -2.15. The third-order valence-electron chi connectivity index (χ3n) is 3.34. The number of benzene rings is 1. The number of sulfonamides is 1. The molecule has 0 aromatic heterocycles. The van der Waals surface area contributed by atoms with Gasteiger partial charge in [-0.3, -0.25) is 9.52 Å². The Kier molecular flexibility index (Phi) is 5.07. The molecule has 1 aromatic carbocycles. The lowest BCUT2D eigenvalue weighted by Gasteiger charge is -2.13. The second-order valence-corrected chi connectivity index (χ2v) is 7.06. The smallest absolute Gasteiger partial charge is 0.229 e. The number of nitrogens with one attached hydrogen (secondary N) is 2. The van der Waals surface area contributed by atoms with Gasteiger partial charge in [-0.15, -0.1) is 0 Å². The first-order valence-corrected chi connectivity index (χ1v) is 8.89. The monoisotopic (exact) mass is 324 g/mol. The number of hydrogen-bond donors (Lipinski definition) is 2. The molecule has 1 amide bonds. The van der Waals surface area contributed by atoms with E-state index in [9.17, 15) is 13.2 Å². The summed E-state index contributed by atoms with van der Waals surface area (Å²) in [6, 6.07) is 4.83. The summed E-state index contributed by atoms with van der Waals surface area (Å²) in [4.78, 5) is 12.0. The van der Waals surface area contributed by atoms with Crippen molar-refractivity contribution < 1.29 is 17.9 Å². The van der Waals surface area contributed by atoms with E-state index >= 15 is 0 Å². The molecule has 0 spiro atoms. The Morgan fingerprint density at radius 2 is 2.18 bits per heavy atom. The van der Waals surface area contributed by atoms with Gasteiger partial charge in [0, 0.05) is 12.1 Å². The second-order valence-electron chi connectivity index (χ2n) is 5.31. The Labute approximate surface area is 130 Å². The van der Waals surface area contributed by atoms with Crippen molar-refractivity contribution in [3.8, 4) is 5.75 Å². The summed E-state index contributed by atoms with van der Waals surface area (Å²) < 4.78 is 30.2. The maximum Gasteiger partial charge on any atom is 0.229 e. The summed E-state index contributed by atoms with van der Waals surface area (Å²) in [6.45, 7) is 0. The first-order chi connectivity index (χ1) is 10.4. The lowest BCUT2D eigenvalue weighted by atomic mass is 10.1. The average Bonchev–Trinajstić information content (AvgIpc) is 2.90. The van der Waals surface area contributed by atoms with Gasteiger partial charge in [0.15, 0.2) is 0 Å². The highest BCUT2D eigenvalue weighted by molar-refractivity contribution is 7.92. The molecule has 1 atom stereocenters. The Balaban J connectivity index is 2.08. The molecule has 1 aliphatic carbocycles. The summed E-state index contributed by atoms with van der Waals surface area (Å²) >= 11 is 0. The molecular weight excluding hydrogens is 304 g/mol. The normalized spacial score (nSPS) is 17.3. The minimum absolute atomic E-state index is 0.0907. The zero-order valence-corrected chi connectivity index (χ0v) is 13.4. The van der Waals surface area contributed by atoms with Gasteiger partial charge < -0.3 is 10.1 Å². The summed E-state index contributed by atoms with van der Waals surface area (Å²) in [5.41, 5.74) is 0.822. The number of methoxy groups -OCH3 is 1. The molecule has 1 unspecified atom stereocenters. The maximum absolute atomic E-state index is 12.0. The van der Waals surface area contributed by atoms with Crippen molar-refractivity contribution in [3.05, 3.63) is 30.4 Å². The summed E-state index contributed by atoms with van der Waals surface area (Å²) in [5, 5.41) is 2.78. The number of amides is 1. The fourth-order valence-corrected chi connectivity index (χ4v) is 2.94. The predicted molar refractivity (Wildman–Crippen MR) is 86.6 cm³/mol. The van der Waals surface area contributed by atoms with E-state index in [0.29, 0.717) is 23.5 Å². The van der Waals surface area contributed by atoms with Gasteiger partial charge in [0.1, 0.15) is 5.75 Å². The highest BCUT2D eigenvalue weighted by Crippen LogP contribution is 2.29. The highest BCUT2D eigenvalue weighted by atomic mass is 32.2. The largest absolute Gasteiger partial charge is 0.495 e. The number of allylic oxidation sites excluding steroid dienone is 2. The van der Waals surface area contributed by atoms with Crippen molar-refractivity contribution in [2.24, 2.45) is 5.92 Å². The van der Waals surface area contributed by atoms with Crippen LogP contribution in [0.2, 0.25) is 0 Å². The lowest BCUT2D eigenvalue weighted by molar-refractivity contribution is -0.116. The number of carbonyl (C=O) groups excluding carboxylic acids is 1. The van der Waals surface area contributed by atoms with Gasteiger partial charge in [-0.05, 0) is 37.0 Å². The quantitative estimate of drug-likeness (QED) is 0.787. The van der Waals surface area contributed by atoms with Crippen LogP contribution in [0.4, 0.5) is 11.4 Å². The summed E-state index contributed by atoms with van der Waals surface area (Å²) in [6.07, 6.45) is 7.64. The van der Waals surface area contributed by atoms with E-state index in [1.807, 2.05) is 0 Å². The molecule has 0 heterocycles. The third-order valence-corrected chi connectivity index (χ3v) is 3.93. The van der Waals surface area contributed by atoms with E-state index < -0.39 is 10.0 Å².